The smallest absolute Gasteiger partial charge is 0.319 e. The summed E-state index contributed by atoms with van der Waals surface area (Å²) in [5.74, 6) is -0.562. The molecule has 1 aliphatic heterocycles. The van der Waals surface area contributed by atoms with Crippen molar-refractivity contribution >= 4 is 29.2 Å². The zero-order valence-corrected chi connectivity index (χ0v) is 17.9. The van der Waals surface area contributed by atoms with Crippen LogP contribution in [0.15, 0.2) is 48.5 Å². The second kappa shape index (κ2) is 10.1. The summed E-state index contributed by atoms with van der Waals surface area (Å²) in [6.45, 7) is 5.10. The number of hydrogen-bond donors (Lipinski definition) is 4. The first-order valence-electron chi connectivity index (χ1n) is 10.4. The summed E-state index contributed by atoms with van der Waals surface area (Å²) in [4.78, 5) is 38.3. The molecule has 0 aliphatic carbocycles. The average molecular weight is 424 g/mol. The maximum Gasteiger partial charge on any atom is 0.319 e. The number of nitrogens with one attached hydrogen (secondary N) is 3. The molecule has 5 N–H and O–H groups in total. The maximum atomic E-state index is 12.8. The van der Waals surface area contributed by atoms with Crippen molar-refractivity contribution in [3.63, 3.8) is 0 Å². The van der Waals surface area contributed by atoms with Crippen LogP contribution in [0.4, 0.5) is 16.2 Å². The third kappa shape index (κ3) is 6.05. The Labute approximate surface area is 182 Å². The monoisotopic (exact) mass is 423 g/mol. The highest BCUT2D eigenvalue weighted by Gasteiger charge is 2.29. The minimum atomic E-state index is -0.310. The summed E-state index contributed by atoms with van der Waals surface area (Å²) in [6, 6.07) is 13.7. The number of benzene rings is 2. The molecule has 1 aliphatic rings. The van der Waals surface area contributed by atoms with Crippen molar-refractivity contribution in [3.8, 4) is 0 Å². The topological polar surface area (TPSA) is 117 Å². The number of amides is 4. The van der Waals surface area contributed by atoms with Crippen LogP contribution in [0.1, 0.15) is 42.6 Å². The van der Waals surface area contributed by atoms with Gasteiger partial charge in [-0.2, -0.15) is 0 Å². The number of primary amides is 1. The molecule has 0 radical (unpaired) electrons. The van der Waals surface area contributed by atoms with E-state index in [2.05, 4.69) is 20.9 Å². The van der Waals surface area contributed by atoms with Crippen molar-refractivity contribution in [3.05, 3.63) is 59.7 Å². The van der Waals surface area contributed by atoms with E-state index in [-0.39, 0.29) is 29.9 Å². The molecule has 8 heteroatoms. The SMILES string of the molecule is CC(C)NC(=O)Nc1ccc(C(=O)Nc2ccccc2CN2CCCC2C(N)=O)cc1. The molecule has 1 fully saturated rings. The largest absolute Gasteiger partial charge is 0.368 e. The highest BCUT2D eigenvalue weighted by molar-refractivity contribution is 6.05. The first-order chi connectivity index (χ1) is 14.8. The van der Waals surface area contributed by atoms with E-state index in [0.29, 0.717) is 23.5 Å². The average Bonchev–Trinajstić information content (AvgIpc) is 3.18. The van der Waals surface area contributed by atoms with Gasteiger partial charge in [0, 0.05) is 29.5 Å². The Morgan fingerprint density at radius 3 is 2.45 bits per heavy atom. The number of nitrogens with zero attached hydrogens (tertiary/aromatic N) is 1. The number of nitrogens with two attached hydrogens (primary N) is 1. The number of likely N-dealkylation sites (tertiary alicyclic amines) is 1. The molecular weight excluding hydrogens is 394 g/mol. The van der Waals surface area contributed by atoms with E-state index in [9.17, 15) is 14.4 Å². The fraction of sp³-hybridized carbons (Fsp3) is 0.348. The van der Waals surface area contributed by atoms with E-state index >= 15 is 0 Å². The van der Waals surface area contributed by atoms with Crippen molar-refractivity contribution in [2.45, 2.75) is 45.3 Å². The van der Waals surface area contributed by atoms with Gasteiger partial charge >= 0.3 is 6.03 Å². The lowest BCUT2D eigenvalue weighted by molar-refractivity contribution is -0.122. The Morgan fingerprint density at radius 1 is 1.06 bits per heavy atom. The van der Waals surface area contributed by atoms with Gasteiger partial charge in [-0.05, 0) is 69.1 Å². The van der Waals surface area contributed by atoms with Crippen LogP contribution in [0, 0.1) is 0 Å². The minimum absolute atomic E-state index is 0.0314. The van der Waals surface area contributed by atoms with Crippen molar-refractivity contribution in [1.82, 2.24) is 10.2 Å². The Bertz CT molecular complexity index is 942. The molecule has 164 valence electrons. The normalized spacial score (nSPS) is 16.2. The number of carbonyl (C=O) groups excluding carboxylic acids is 3. The Morgan fingerprint density at radius 2 is 1.77 bits per heavy atom. The summed E-state index contributed by atoms with van der Waals surface area (Å²) in [5, 5.41) is 8.42. The summed E-state index contributed by atoms with van der Waals surface area (Å²) < 4.78 is 0. The number of rotatable bonds is 7. The predicted octanol–water partition coefficient (Wildman–Crippen LogP) is 2.92. The third-order valence-corrected chi connectivity index (χ3v) is 5.16. The summed E-state index contributed by atoms with van der Waals surface area (Å²) in [7, 11) is 0. The van der Waals surface area contributed by atoms with Gasteiger partial charge in [-0.3, -0.25) is 14.5 Å². The van der Waals surface area contributed by atoms with Crippen LogP contribution in [-0.2, 0) is 11.3 Å². The standard InChI is InChI=1S/C23H29N5O3/c1-15(2)25-23(31)26-18-11-9-16(10-12-18)22(30)27-19-7-4-3-6-17(19)14-28-13-5-8-20(28)21(24)29/h3-4,6-7,9-12,15,20H,5,8,13-14H2,1-2H3,(H2,24,29)(H,27,30)(H2,25,26,31). The molecule has 8 nitrogen and oxygen atoms in total. The van der Waals surface area contributed by atoms with Gasteiger partial charge in [0.1, 0.15) is 0 Å². The van der Waals surface area contributed by atoms with Crippen LogP contribution in [-0.4, -0.2) is 41.4 Å². The molecule has 31 heavy (non-hydrogen) atoms. The van der Waals surface area contributed by atoms with Crippen molar-refractivity contribution in [2.24, 2.45) is 5.73 Å². The third-order valence-electron chi connectivity index (χ3n) is 5.16. The van der Waals surface area contributed by atoms with Gasteiger partial charge in [-0.25, -0.2) is 4.79 Å². The molecule has 0 saturated carbocycles. The fourth-order valence-corrected chi connectivity index (χ4v) is 3.67. The Balaban J connectivity index is 1.65. The van der Waals surface area contributed by atoms with Gasteiger partial charge in [0.05, 0.1) is 6.04 Å². The maximum absolute atomic E-state index is 12.8. The van der Waals surface area contributed by atoms with Crippen LogP contribution in [0.2, 0.25) is 0 Å². The highest BCUT2D eigenvalue weighted by atomic mass is 16.2. The fourth-order valence-electron chi connectivity index (χ4n) is 3.67. The molecule has 1 unspecified atom stereocenters. The highest BCUT2D eigenvalue weighted by Crippen LogP contribution is 2.24. The second-order valence-electron chi connectivity index (χ2n) is 7.97. The van der Waals surface area contributed by atoms with Crippen molar-refractivity contribution in [2.75, 3.05) is 17.2 Å². The second-order valence-corrected chi connectivity index (χ2v) is 7.97. The van der Waals surface area contributed by atoms with Gasteiger partial charge in [0.2, 0.25) is 5.91 Å². The lowest BCUT2D eigenvalue weighted by atomic mass is 10.1. The first-order valence-corrected chi connectivity index (χ1v) is 10.4. The van der Waals surface area contributed by atoms with E-state index in [4.69, 9.17) is 5.73 Å². The summed E-state index contributed by atoms with van der Waals surface area (Å²) in [5.41, 5.74) is 8.21. The Kier molecular flexibility index (Phi) is 7.25. The molecule has 0 aromatic heterocycles. The molecule has 0 bridgehead atoms. The van der Waals surface area contributed by atoms with Crippen molar-refractivity contribution in [1.29, 1.82) is 0 Å². The van der Waals surface area contributed by atoms with Gasteiger partial charge in [0.15, 0.2) is 0 Å². The molecule has 2 aromatic carbocycles. The molecule has 0 spiro atoms. The summed E-state index contributed by atoms with van der Waals surface area (Å²) >= 11 is 0. The van der Waals surface area contributed by atoms with E-state index in [1.165, 1.54) is 0 Å². The molecule has 1 atom stereocenters. The number of anilines is 2. The van der Waals surface area contributed by atoms with Gasteiger partial charge < -0.3 is 21.7 Å². The zero-order valence-electron chi connectivity index (χ0n) is 17.9. The van der Waals surface area contributed by atoms with E-state index in [1.807, 2.05) is 38.1 Å². The minimum Gasteiger partial charge on any atom is -0.368 e. The van der Waals surface area contributed by atoms with E-state index in [1.54, 1.807) is 24.3 Å². The molecule has 4 amide bonds. The van der Waals surface area contributed by atoms with Gasteiger partial charge in [-0.1, -0.05) is 18.2 Å². The van der Waals surface area contributed by atoms with Crippen molar-refractivity contribution < 1.29 is 14.4 Å². The number of hydrogen-bond acceptors (Lipinski definition) is 4. The molecule has 3 rings (SSSR count). The number of carbonyl (C=O) groups is 3. The van der Waals surface area contributed by atoms with E-state index in [0.717, 1.165) is 24.9 Å². The first kappa shape index (κ1) is 22.3. The van der Waals surface area contributed by atoms with E-state index < -0.39 is 0 Å². The molecule has 2 aromatic rings. The van der Waals surface area contributed by atoms with Crippen LogP contribution in [0.3, 0.4) is 0 Å². The molecule has 1 saturated heterocycles. The molecule has 1 heterocycles. The van der Waals surface area contributed by atoms with Crippen LogP contribution >= 0.6 is 0 Å². The molecular formula is C23H29N5O3. The quantitative estimate of drug-likeness (QED) is 0.548. The lowest BCUT2D eigenvalue weighted by Gasteiger charge is -2.23. The predicted molar refractivity (Wildman–Crippen MR) is 121 cm³/mol. The van der Waals surface area contributed by atoms with Crippen LogP contribution in [0.5, 0.6) is 0 Å². The Hall–Kier alpha value is -3.39. The lowest BCUT2D eigenvalue weighted by Crippen LogP contribution is -2.39. The number of para-hydroxylation sites is 1. The zero-order chi connectivity index (χ0) is 22.4. The summed E-state index contributed by atoms with van der Waals surface area (Å²) in [6.07, 6.45) is 1.69. The van der Waals surface area contributed by atoms with Crippen LogP contribution < -0.4 is 21.7 Å². The van der Waals surface area contributed by atoms with Crippen LogP contribution in [0.25, 0.3) is 0 Å². The van der Waals surface area contributed by atoms with Gasteiger partial charge in [0.25, 0.3) is 5.91 Å². The number of urea groups is 1. The van der Waals surface area contributed by atoms with Gasteiger partial charge in [-0.15, -0.1) is 0 Å².